The number of hydrogen-bond donors (Lipinski definition) is 0. The molecule has 1 aromatic rings. The van der Waals surface area contributed by atoms with Crippen molar-refractivity contribution >= 4 is 15.8 Å². The van der Waals surface area contributed by atoms with Gasteiger partial charge in [-0.1, -0.05) is 0 Å². The number of hydrogen-bond acceptors (Lipinski definition) is 2. The molecule has 3 heteroatoms. The molecule has 1 heterocycles. The Morgan fingerprint density at radius 2 is 2.44 bits per heavy atom. The van der Waals surface area contributed by atoms with Crippen LogP contribution in [0.25, 0.3) is 0 Å². The molecule has 0 aliphatic heterocycles. The first kappa shape index (κ1) is 6.29. The highest BCUT2D eigenvalue weighted by Gasteiger charge is 2.08. The van der Waals surface area contributed by atoms with Gasteiger partial charge in [-0.3, -0.25) is 0 Å². The number of thiophene rings is 1. The summed E-state index contributed by atoms with van der Waals surface area (Å²) < 4.78 is 0. The minimum atomic E-state index is -0.988. The van der Waals surface area contributed by atoms with Crippen LogP contribution in [0.5, 0.6) is 0 Å². The zero-order valence-corrected chi connectivity index (χ0v) is 5.77. The highest BCUT2D eigenvalue weighted by Crippen LogP contribution is 2.21. The van der Waals surface area contributed by atoms with Crippen molar-refractivity contribution in [1.82, 2.24) is 0 Å². The molecule has 0 aliphatic rings. The van der Waals surface area contributed by atoms with E-state index in [0.717, 1.165) is 4.88 Å². The normalized spacial score (nSPS) is 11.4. The van der Waals surface area contributed by atoms with Gasteiger partial charge >= 0.3 is 5.30 Å². The Morgan fingerprint density at radius 3 is 2.67 bits per heavy atom. The molecule has 1 unspecified atom stereocenters. The zero-order valence-electron chi connectivity index (χ0n) is 4.96. The van der Waals surface area contributed by atoms with Crippen molar-refractivity contribution in [3.05, 3.63) is 22.4 Å². The van der Waals surface area contributed by atoms with E-state index in [1.807, 2.05) is 0 Å². The van der Waals surface area contributed by atoms with Crippen LogP contribution in [0.15, 0.2) is 17.5 Å². The molecule has 0 saturated carbocycles. The molecule has 0 radical (unpaired) electrons. The van der Waals surface area contributed by atoms with Crippen LogP contribution in [0, 0.1) is 6.92 Å². The maximum absolute atomic E-state index is 10.2. The van der Waals surface area contributed by atoms with Gasteiger partial charge in [0, 0.05) is 17.4 Å². The Hall–Kier alpha value is -0.830. The third kappa shape index (κ3) is 1.10. The summed E-state index contributed by atoms with van der Waals surface area (Å²) in [6.45, 7) is 1.79. The molecule has 9 heavy (non-hydrogen) atoms. The summed E-state index contributed by atoms with van der Waals surface area (Å²) in [6.07, 6.45) is 0. The van der Waals surface area contributed by atoms with Crippen LogP contribution >= 0.6 is 10.5 Å². The lowest BCUT2D eigenvalue weighted by Crippen LogP contribution is -2.16. The standard InChI is InChI=1S/C6H6O2S/c1-5-3-2-4-9(5)6(7)8/h2-4H,1H3. The molecule has 0 aliphatic carbocycles. The van der Waals surface area contributed by atoms with Gasteiger partial charge in [-0.05, 0) is 12.1 Å². The molecule has 0 spiro atoms. The van der Waals surface area contributed by atoms with Crippen molar-refractivity contribution in [2.24, 2.45) is 0 Å². The van der Waals surface area contributed by atoms with E-state index in [4.69, 9.17) is 0 Å². The van der Waals surface area contributed by atoms with Crippen LogP contribution in [-0.4, -0.2) is 5.30 Å². The monoisotopic (exact) mass is 142 g/mol. The van der Waals surface area contributed by atoms with E-state index in [2.05, 4.69) is 0 Å². The molecule has 2 nitrogen and oxygen atoms in total. The van der Waals surface area contributed by atoms with Crippen molar-refractivity contribution in [3.8, 4) is 0 Å². The van der Waals surface area contributed by atoms with Gasteiger partial charge in [0.1, 0.15) is 5.38 Å². The molecular formula is C6H6O2S. The molecule has 1 aromatic heterocycles. The summed E-state index contributed by atoms with van der Waals surface area (Å²) in [6, 6.07) is 3.53. The lowest BCUT2D eigenvalue weighted by atomic mass is 10.5. The minimum Gasteiger partial charge on any atom is -0.500 e. The highest BCUT2D eigenvalue weighted by atomic mass is 32.2. The van der Waals surface area contributed by atoms with Crippen LogP contribution in [-0.2, 0) is 0 Å². The first-order valence-electron chi connectivity index (χ1n) is 2.51. The fourth-order valence-corrected chi connectivity index (χ4v) is 1.67. The summed E-state index contributed by atoms with van der Waals surface area (Å²) in [5.74, 6) is 0. The number of aryl methyl sites for hydroxylation is 1. The van der Waals surface area contributed by atoms with E-state index in [0.29, 0.717) is 0 Å². The average molecular weight is 142 g/mol. The topological polar surface area (TPSA) is 40.1 Å². The smallest absolute Gasteiger partial charge is 0.300 e. The quantitative estimate of drug-likeness (QED) is 0.547. The van der Waals surface area contributed by atoms with Crippen LogP contribution in [0.4, 0.5) is 4.79 Å². The minimum absolute atomic E-state index is 0.738. The van der Waals surface area contributed by atoms with Crippen molar-refractivity contribution in [3.63, 3.8) is 0 Å². The summed E-state index contributed by atoms with van der Waals surface area (Å²) in [5.41, 5.74) is 0. The largest absolute Gasteiger partial charge is 0.500 e. The third-order valence-corrected chi connectivity index (χ3v) is 2.69. The highest BCUT2D eigenvalue weighted by molar-refractivity contribution is 7.49. The molecular weight excluding hydrogens is 136 g/mol. The second-order valence-electron chi connectivity index (χ2n) is 1.69. The Bertz CT molecular complexity index is 227. The van der Waals surface area contributed by atoms with Gasteiger partial charge in [0.15, 0.2) is 4.88 Å². The fraction of sp³-hybridized carbons (Fsp3) is 0.167. The van der Waals surface area contributed by atoms with E-state index < -0.39 is 15.8 Å². The van der Waals surface area contributed by atoms with Gasteiger partial charge in [0.05, 0.1) is 0 Å². The second-order valence-corrected chi connectivity index (χ2v) is 3.62. The van der Waals surface area contributed by atoms with Gasteiger partial charge in [-0.15, -0.1) is 0 Å². The molecule has 0 bridgehead atoms. The van der Waals surface area contributed by atoms with E-state index in [1.165, 1.54) is 0 Å². The Balaban J connectivity index is 3.08. The summed E-state index contributed by atoms with van der Waals surface area (Å²) in [4.78, 5) is 11.1. The second kappa shape index (κ2) is 2.19. The SMILES string of the molecule is Cc1ccc[s+]1C(=O)[O-]. The summed E-state index contributed by atoms with van der Waals surface area (Å²) in [7, 11) is -0.738. The van der Waals surface area contributed by atoms with Gasteiger partial charge < -0.3 is 9.90 Å². The van der Waals surface area contributed by atoms with Crippen molar-refractivity contribution in [2.45, 2.75) is 6.92 Å². The van der Waals surface area contributed by atoms with E-state index in [-0.39, 0.29) is 0 Å². The number of carbonyl (C=O) groups is 1. The Morgan fingerprint density at radius 1 is 1.78 bits per heavy atom. The maximum Gasteiger partial charge on any atom is 0.300 e. The predicted molar refractivity (Wildman–Crippen MR) is 34.5 cm³/mol. The van der Waals surface area contributed by atoms with Gasteiger partial charge in [-0.2, -0.15) is 0 Å². The first-order valence-corrected chi connectivity index (χ1v) is 3.80. The number of carboxylic acid groups (broad SMARTS) is 1. The summed E-state index contributed by atoms with van der Waals surface area (Å²) in [5, 5.41) is 10.9. The lowest BCUT2D eigenvalue weighted by molar-refractivity contribution is -0.233. The van der Waals surface area contributed by atoms with Gasteiger partial charge in [-0.25, -0.2) is 0 Å². The van der Waals surface area contributed by atoms with Crippen molar-refractivity contribution in [1.29, 1.82) is 0 Å². The van der Waals surface area contributed by atoms with Crippen molar-refractivity contribution < 1.29 is 9.90 Å². The molecule has 48 valence electrons. The van der Waals surface area contributed by atoms with E-state index >= 15 is 0 Å². The maximum atomic E-state index is 10.2. The number of rotatable bonds is 1. The van der Waals surface area contributed by atoms with E-state index in [9.17, 15) is 9.90 Å². The Labute approximate surface area is 55.7 Å². The van der Waals surface area contributed by atoms with Crippen LogP contribution in [0.3, 0.4) is 0 Å². The molecule has 0 amide bonds. The number of carbonyl (C=O) groups excluding carboxylic acids is 1. The molecule has 1 atom stereocenters. The van der Waals surface area contributed by atoms with Crippen LogP contribution < -0.4 is 5.11 Å². The van der Waals surface area contributed by atoms with Crippen molar-refractivity contribution in [2.75, 3.05) is 0 Å². The molecule has 0 saturated heterocycles. The molecule has 0 N–H and O–H groups in total. The fourth-order valence-electron chi connectivity index (χ4n) is 0.621. The Kier molecular flexibility index (Phi) is 1.53. The van der Waals surface area contributed by atoms with Gasteiger partial charge in [0.2, 0.25) is 0 Å². The average Bonchev–Trinajstić information content (AvgIpc) is 2.13. The molecule has 0 fully saturated rings. The first-order chi connectivity index (χ1) is 4.22. The third-order valence-electron chi connectivity index (χ3n) is 1.07. The molecule has 0 aromatic carbocycles. The van der Waals surface area contributed by atoms with Gasteiger partial charge in [0.25, 0.3) is 0 Å². The van der Waals surface area contributed by atoms with E-state index in [1.54, 1.807) is 24.4 Å². The molecule has 1 rings (SSSR count). The lowest BCUT2D eigenvalue weighted by Gasteiger charge is -1.85. The zero-order chi connectivity index (χ0) is 6.85. The predicted octanol–water partition coefficient (Wildman–Crippen LogP) is 0.936. The van der Waals surface area contributed by atoms with Crippen LogP contribution in [0.2, 0.25) is 0 Å². The summed E-state index contributed by atoms with van der Waals surface area (Å²) >= 11 is 0. The van der Waals surface area contributed by atoms with Crippen LogP contribution in [0.1, 0.15) is 4.88 Å².